The molecule has 7 nitrogen and oxygen atoms in total. The van der Waals surface area contributed by atoms with Crippen LogP contribution in [0.3, 0.4) is 0 Å². The van der Waals surface area contributed by atoms with Gasteiger partial charge in [-0.3, -0.25) is 4.84 Å². The van der Waals surface area contributed by atoms with Crippen LogP contribution in [0.2, 0.25) is 0 Å². The van der Waals surface area contributed by atoms with Gasteiger partial charge in [0.2, 0.25) is 0 Å². The third kappa shape index (κ3) is 5.83. The van der Waals surface area contributed by atoms with Crippen molar-refractivity contribution in [3.8, 4) is 0 Å². The van der Waals surface area contributed by atoms with E-state index in [0.717, 1.165) is 10.7 Å². The van der Waals surface area contributed by atoms with Crippen molar-refractivity contribution in [2.75, 3.05) is 13.2 Å². The van der Waals surface area contributed by atoms with Gasteiger partial charge >= 0.3 is 12.0 Å². The normalized spacial score (nSPS) is 9.94. The lowest BCUT2D eigenvalue weighted by Crippen LogP contribution is -2.37. The molecule has 0 atom stereocenters. The highest BCUT2D eigenvalue weighted by atomic mass is 32.1. The molecule has 1 aromatic rings. The Morgan fingerprint density at radius 2 is 2.35 bits per heavy atom. The van der Waals surface area contributed by atoms with Crippen molar-refractivity contribution in [3.63, 3.8) is 0 Å². The standard InChI is InChI=1S/C9H13N3O4S/c1-6-5-17-7(11-6)2-3-10-9(15)12-16-4-8(13)14/h5H,2-4H2,1H3,(H,13,14)(H2,10,12,15). The lowest BCUT2D eigenvalue weighted by atomic mass is 10.4. The second-order valence-electron chi connectivity index (χ2n) is 3.17. The Labute approximate surface area is 102 Å². The van der Waals surface area contributed by atoms with Crippen LogP contribution in [-0.4, -0.2) is 35.2 Å². The van der Waals surface area contributed by atoms with Gasteiger partial charge in [-0.2, -0.15) is 0 Å². The van der Waals surface area contributed by atoms with Gasteiger partial charge in [-0.15, -0.1) is 11.3 Å². The average Bonchev–Trinajstić information content (AvgIpc) is 2.63. The molecule has 0 spiro atoms. The number of aromatic nitrogens is 1. The number of carbonyl (C=O) groups is 2. The number of amides is 2. The molecule has 3 N–H and O–H groups in total. The lowest BCUT2D eigenvalue weighted by Gasteiger charge is -2.05. The number of carboxylic acids is 1. The third-order valence-corrected chi connectivity index (χ3v) is 2.68. The molecule has 1 aromatic heterocycles. The van der Waals surface area contributed by atoms with Crippen LogP contribution >= 0.6 is 11.3 Å². The van der Waals surface area contributed by atoms with Gasteiger partial charge in [0.15, 0.2) is 6.61 Å². The van der Waals surface area contributed by atoms with Crippen molar-refractivity contribution >= 4 is 23.3 Å². The summed E-state index contributed by atoms with van der Waals surface area (Å²) >= 11 is 1.53. The molecule has 0 saturated carbocycles. The van der Waals surface area contributed by atoms with Gasteiger partial charge in [0.1, 0.15) is 0 Å². The molecule has 0 unspecified atom stereocenters. The first kappa shape index (κ1) is 13.4. The number of hydrogen-bond donors (Lipinski definition) is 3. The van der Waals surface area contributed by atoms with E-state index in [2.05, 4.69) is 15.1 Å². The van der Waals surface area contributed by atoms with E-state index >= 15 is 0 Å². The zero-order valence-corrected chi connectivity index (χ0v) is 10.0. The molecule has 94 valence electrons. The Hall–Kier alpha value is -1.67. The van der Waals surface area contributed by atoms with E-state index in [1.807, 2.05) is 17.8 Å². The Kier molecular flexibility index (Phi) is 5.37. The predicted molar refractivity (Wildman–Crippen MR) is 60.7 cm³/mol. The number of urea groups is 1. The Morgan fingerprint density at radius 1 is 1.59 bits per heavy atom. The molecular weight excluding hydrogens is 246 g/mol. The first-order chi connectivity index (χ1) is 8.08. The zero-order valence-electron chi connectivity index (χ0n) is 9.23. The van der Waals surface area contributed by atoms with Crippen LogP contribution in [-0.2, 0) is 16.1 Å². The fourth-order valence-corrected chi connectivity index (χ4v) is 1.78. The smallest absolute Gasteiger partial charge is 0.338 e. The van der Waals surface area contributed by atoms with Crippen LogP contribution in [0.15, 0.2) is 5.38 Å². The first-order valence-corrected chi connectivity index (χ1v) is 5.74. The van der Waals surface area contributed by atoms with Crippen molar-refractivity contribution in [2.24, 2.45) is 0 Å². The van der Waals surface area contributed by atoms with Crippen LogP contribution in [0.1, 0.15) is 10.7 Å². The quantitative estimate of drug-likeness (QED) is 0.638. The van der Waals surface area contributed by atoms with Crippen LogP contribution < -0.4 is 10.8 Å². The number of rotatable bonds is 6. The van der Waals surface area contributed by atoms with Gasteiger partial charge < -0.3 is 10.4 Å². The highest BCUT2D eigenvalue weighted by molar-refractivity contribution is 7.09. The summed E-state index contributed by atoms with van der Waals surface area (Å²) in [5.41, 5.74) is 2.92. The highest BCUT2D eigenvalue weighted by Gasteiger charge is 2.03. The number of thiazole rings is 1. The number of carboxylic acid groups (broad SMARTS) is 1. The van der Waals surface area contributed by atoms with Crippen molar-refractivity contribution in [2.45, 2.75) is 13.3 Å². The van der Waals surface area contributed by atoms with Gasteiger partial charge in [-0.25, -0.2) is 20.1 Å². The molecule has 1 heterocycles. The number of hydroxylamine groups is 1. The molecule has 0 fully saturated rings. The minimum Gasteiger partial charge on any atom is -0.479 e. The van der Waals surface area contributed by atoms with E-state index in [1.165, 1.54) is 11.3 Å². The third-order valence-electron chi connectivity index (χ3n) is 1.65. The van der Waals surface area contributed by atoms with Gasteiger partial charge in [-0.1, -0.05) is 0 Å². The molecule has 0 aromatic carbocycles. The summed E-state index contributed by atoms with van der Waals surface area (Å²) in [7, 11) is 0. The first-order valence-electron chi connectivity index (χ1n) is 4.86. The molecular formula is C9H13N3O4S. The molecule has 0 saturated heterocycles. The molecule has 2 amide bonds. The van der Waals surface area contributed by atoms with E-state index in [1.54, 1.807) is 0 Å². The van der Waals surface area contributed by atoms with Crippen molar-refractivity contribution < 1.29 is 19.5 Å². The van der Waals surface area contributed by atoms with E-state index in [4.69, 9.17) is 5.11 Å². The number of aryl methyl sites for hydroxylation is 1. The summed E-state index contributed by atoms with van der Waals surface area (Å²) in [6.45, 7) is 1.74. The largest absolute Gasteiger partial charge is 0.479 e. The number of carbonyl (C=O) groups excluding carboxylic acids is 1. The van der Waals surface area contributed by atoms with E-state index < -0.39 is 18.6 Å². The minimum absolute atomic E-state index is 0.412. The zero-order chi connectivity index (χ0) is 12.7. The van der Waals surface area contributed by atoms with Gasteiger partial charge in [0, 0.05) is 24.0 Å². The number of hydrogen-bond acceptors (Lipinski definition) is 5. The van der Waals surface area contributed by atoms with Crippen LogP contribution in [0.4, 0.5) is 4.79 Å². The Balaban J connectivity index is 2.10. The maximum absolute atomic E-state index is 11.1. The second kappa shape index (κ2) is 6.81. The van der Waals surface area contributed by atoms with Gasteiger partial charge in [0.05, 0.1) is 5.01 Å². The van der Waals surface area contributed by atoms with Crippen LogP contribution in [0.5, 0.6) is 0 Å². The molecule has 17 heavy (non-hydrogen) atoms. The summed E-state index contributed by atoms with van der Waals surface area (Å²) < 4.78 is 0. The molecule has 0 aliphatic carbocycles. The topological polar surface area (TPSA) is 101 Å². The highest BCUT2D eigenvalue weighted by Crippen LogP contribution is 2.08. The molecule has 0 aliphatic heterocycles. The van der Waals surface area contributed by atoms with E-state index in [9.17, 15) is 9.59 Å². The van der Waals surface area contributed by atoms with E-state index in [0.29, 0.717) is 13.0 Å². The van der Waals surface area contributed by atoms with Crippen molar-refractivity contribution in [1.82, 2.24) is 15.8 Å². The Bertz CT molecular complexity index is 393. The summed E-state index contributed by atoms with van der Waals surface area (Å²) in [4.78, 5) is 29.8. The van der Waals surface area contributed by atoms with E-state index in [-0.39, 0.29) is 0 Å². The van der Waals surface area contributed by atoms with Crippen LogP contribution in [0.25, 0.3) is 0 Å². The number of aliphatic carboxylic acids is 1. The molecule has 0 bridgehead atoms. The van der Waals surface area contributed by atoms with Crippen molar-refractivity contribution in [1.29, 1.82) is 0 Å². The van der Waals surface area contributed by atoms with Crippen molar-refractivity contribution in [3.05, 3.63) is 16.1 Å². The second-order valence-corrected chi connectivity index (χ2v) is 4.12. The molecule has 0 radical (unpaired) electrons. The lowest BCUT2D eigenvalue weighted by molar-refractivity contribution is -0.144. The summed E-state index contributed by atoms with van der Waals surface area (Å²) in [5.74, 6) is -1.15. The minimum atomic E-state index is -1.15. The maximum atomic E-state index is 11.1. The summed E-state index contributed by atoms with van der Waals surface area (Å²) in [6.07, 6.45) is 0.630. The monoisotopic (exact) mass is 259 g/mol. The maximum Gasteiger partial charge on any atom is 0.338 e. The number of nitrogens with zero attached hydrogens (tertiary/aromatic N) is 1. The molecule has 0 aliphatic rings. The van der Waals surface area contributed by atoms with Crippen LogP contribution in [0, 0.1) is 6.92 Å². The fourth-order valence-electron chi connectivity index (χ4n) is 1.000. The summed E-state index contributed by atoms with van der Waals surface area (Å²) in [6, 6.07) is -0.570. The number of nitrogens with one attached hydrogen (secondary N) is 2. The molecule has 8 heteroatoms. The molecule has 1 rings (SSSR count). The Morgan fingerprint density at radius 3 is 2.94 bits per heavy atom. The summed E-state index contributed by atoms with van der Waals surface area (Å²) in [5, 5.41) is 13.6. The van der Waals surface area contributed by atoms with Gasteiger partial charge in [-0.05, 0) is 6.92 Å². The SMILES string of the molecule is Cc1csc(CCNC(=O)NOCC(=O)O)n1. The average molecular weight is 259 g/mol. The fraction of sp³-hybridized carbons (Fsp3) is 0.444. The van der Waals surface area contributed by atoms with Gasteiger partial charge in [0.25, 0.3) is 0 Å². The predicted octanol–water partition coefficient (Wildman–Crippen LogP) is 0.309.